The summed E-state index contributed by atoms with van der Waals surface area (Å²) in [6, 6.07) is 10.9. The molecule has 1 atom stereocenters. The van der Waals surface area contributed by atoms with Crippen molar-refractivity contribution in [3.05, 3.63) is 42.1 Å². The largest absolute Gasteiger partial charge is 0.330 e. The van der Waals surface area contributed by atoms with E-state index in [0.29, 0.717) is 6.04 Å². The van der Waals surface area contributed by atoms with E-state index in [2.05, 4.69) is 41.5 Å². The summed E-state index contributed by atoms with van der Waals surface area (Å²) in [5.74, 6) is 0. The minimum Gasteiger partial charge on any atom is -0.330 e. The molecule has 90 valence electrons. The van der Waals surface area contributed by atoms with Crippen molar-refractivity contribution in [2.24, 2.45) is 5.73 Å². The summed E-state index contributed by atoms with van der Waals surface area (Å²) >= 11 is 0. The molecule has 0 aliphatic carbocycles. The zero-order chi connectivity index (χ0) is 12.1. The van der Waals surface area contributed by atoms with Gasteiger partial charge in [-0.2, -0.15) is 0 Å². The van der Waals surface area contributed by atoms with E-state index < -0.39 is 0 Å². The van der Waals surface area contributed by atoms with Gasteiger partial charge in [-0.25, -0.2) is 0 Å². The minimum absolute atomic E-state index is 0.463. The fraction of sp³-hybridized carbons (Fsp3) is 0.357. The van der Waals surface area contributed by atoms with Crippen molar-refractivity contribution in [1.29, 1.82) is 0 Å². The van der Waals surface area contributed by atoms with Crippen LogP contribution in [0.15, 0.2) is 36.5 Å². The molecular weight excluding hydrogens is 210 g/mol. The number of pyridine rings is 1. The molecule has 3 nitrogen and oxygen atoms in total. The molecule has 0 fully saturated rings. The van der Waals surface area contributed by atoms with Crippen molar-refractivity contribution >= 4 is 10.9 Å². The van der Waals surface area contributed by atoms with E-state index in [1.54, 1.807) is 0 Å². The monoisotopic (exact) mass is 229 g/mol. The third kappa shape index (κ3) is 3.25. The average molecular weight is 229 g/mol. The molecule has 1 heterocycles. The number of hydrogen-bond donors (Lipinski definition) is 2. The third-order valence-corrected chi connectivity index (χ3v) is 2.92. The number of benzene rings is 1. The summed E-state index contributed by atoms with van der Waals surface area (Å²) in [7, 11) is 0. The lowest BCUT2D eigenvalue weighted by molar-refractivity contribution is 0.520. The number of nitrogens with one attached hydrogen (secondary N) is 1. The van der Waals surface area contributed by atoms with Crippen molar-refractivity contribution in [3.8, 4) is 0 Å². The Labute approximate surface area is 102 Å². The number of fused-ring (bicyclic) bond motifs is 1. The number of aromatic nitrogens is 1. The number of hydrogen-bond acceptors (Lipinski definition) is 3. The summed E-state index contributed by atoms with van der Waals surface area (Å²) in [5, 5.41) is 4.66. The van der Waals surface area contributed by atoms with Crippen molar-refractivity contribution in [1.82, 2.24) is 10.3 Å². The Balaban J connectivity index is 2.04. The van der Waals surface area contributed by atoms with Gasteiger partial charge in [0, 0.05) is 24.2 Å². The highest BCUT2D eigenvalue weighted by Crippen LogP contribution is 2.13. The van der Waals surface area contributed by atoms with Gasteiger partial charge in [-0.15, -0.1) is 0 Å². The molecule has 2 aromatic rings. The topological polar surface area (TPSA) is 50.9 Å². The molecule has 1 aromatic heterocycles. The normalized spacial score (nSPS) is 12.8. The number of nitrogens with two attached hydrogens (primary N) is 1. The highest BCUT2D eigenvalue weighted by molar-refractivity contribution is 5.78. The fourth-order valence-electron chi connectivity index (χ4n) is 1.88. The molecular formula is C14H19N3. The molecule has 0 aliphatic rings. The Bertz CT molecular complexity index is 482. The molecule has 0 saturated carbocycles. The smallest absolute Gasteiger partial charge is 0.0702 e. The van der Waals surface area contributed by atoms with Crippen LogP contribution in [0.3, 0.4) is 0 Å². The van der Waals surface area contributed by atoms with Crippen LogP contribution < -0.4 is 11.1 Å². The second kappa shape index (κ2) is 5.75. The first-order valence-electron chi connectivity index (χ1n) is 6.06. The van der Waals surface area contributed by atoms with Crippen LogP contribution in [-0.4, -0.2) is 17.6 Å². The Kier molecular flexibility index (Phi) is 4.07. The molecule has 0 spiro atoms. The van der Waals surface area contributed by atoms with E-state index in [1.807, 2.05) is 12.3 Å². The minimum atomic E-state index is 0.463. The van der Waals surface area contributed by atoms with E-state index >= 15 is 0 Å². The average Bonchev–Trinajstić information content (AvgIpc) is 2.36. The second-order valence-electron chi connectivity index (χ2n) is 4.39. The zero-order valence-corrected chi connectivity index (χ0v) is 10.2. The molecule has 17 heavy (non-hydrogen) atoms. The highest BCUT2D eigenvalue weighted by Gasteiger charge is 2.01. The van der Waals surface area contributed by atoms with Crippen molar-refractivity contribution in [2.75, 3.05) is 6.54 Å². The first kappa shape index (κ1) is 12.0. The quantitative estimate of drug-likeness (QED) is 0.825. The maximum Gasteiger partial charge on any atom is 0.0702 e. The predicted octanol–water partition coefficient (Wildman–Crippen LogP) is 2.06. The number of nitrogens with zero attached hydrogens (tertiary/aromatic N) is 1. The third-order valence-electron chi connectivity index (χ3n) is 2.92. The first-order chi connectivity index (χ1) is 8.29. The van der Waals surface area contributed by atoms with Crippen LogP contribution in [-0.2, 0) is 6.54 Å². The van der Waals surface area contributed by atoms with Crippen LogP contribution in [0.4, 0.5) is 0 Å². The summed E-state index contributed by atoms with van der Waals surface area (Å²) < 4.78 is 0. The van der Waals surface area contributed by atoms with Crippen LogP contribution in [0.2, 0.25) is 0 Å². The van der Waals surface area contributed by atoms with Gasteiger partial charge in [0.25, 0.3) is 0 Å². The van der Waals surface area contributed by atoms with Crippen LogP contribution in [0.1, 0.15) is 18.9 Å². The molecule has 0 bridgehead atoms. The van der Waals surface area contributed by atoms with Gasteiger partial charge < -0.3 is 11.1 Å². The SMILES string of the molecule is CC(CCN)NCc1ccc2ncccc2c1. The molecule has 3 heteroatoms. The van der Waals surface area contributed by atoms with Gasteiger partial charge in [0.1, 0.15) is 0 Å². The van der Waals surface area contributed by atoms with E-state index in [1.165, 1.54) is 10.9 Å². The van der Waals surface area contributed by atoms with Crippen LogP contribution in [0, 0.1) is 0 Å². The van der Waals surface area contributed by atoms with Crippen LogP contribution in [0.5, 0.6) is 0 Å². The van der Waals surface area contributed by atoms with Gasteiger partial charge in [0.2, 0.25) is 0 Å². The summed E-state index contributed by atoms with van der Waals surface area (Å²) in [5.41, 5.74) is 7.86. The van der Waals surface area contributed by atoms with Crippen molar-refractivity contribution in [2.45, 2.75) is 25.9 Å². The lowest BCUT2D eigenvalue weighted by atomic mass is 10.1. The number of rotatable bonds is 5. The zero-order valence-electron chi connectivity index (χ0n) is 10.2. The van der Waals surface area contributed by atoms with Gasteiger partial charge in [-0.1, -0.05) is 12.1 Å². The van der Waals surface area contributed by atoms with E-state index in [-0.39, 0.29) is 0 Å². The van der Waals surface area contributed by atoms with Gasteiger partial charge in [0.15, 0.2) is 0 Å². The Morgan fingerprint density at radius 2 is 2.24 bits per heavy atom. The lowest BCUT2D eigenvalue weighted by Crippen LogP contribution is -2.27. The highest BCUT2D eigenvalue weighted by atomic mass is 14.9. The first-order valence-corrected chi connectivity index (χ1v) is 6.06. The van der Waals surface area contributed by atoms with Crippen LogP contribution >= 0.6 is 0 Å². The molecule has 1 aromatic carbocycles. The summed E-state index contributed by atoms with van der Waals surface area (Å²) in [6.07, 6.45) is 2.83. The molecule has 0 aliphatic heterocycles. The lowest BCUT2D eigenvalue weighted by Gasteiger charge is -2.12. The van der Waals surface area contributed by atoms with Crippen molar-refractivity contribution < 1.29 is 0 Å². The maximum atomic E-state index is 5.52. The standard InChI is InChI=1S/C14H19N3/c1-11(6-7-15)17-10-12-4-5-14-13(9-12)3-2-8-16-14/h2-5,8-9,11,17H,6-7,10,15H2,1H3. The van der Waals surface area contributed by atoms with E-state index in [4.69, 9.17) is 5.73 Å². The van der Waals surface area contributed by atoms with Gasteiger partial charge >= 0.3 is 0 Å². The fourth-order valence-corrected chi connectivity index (χ4v) is 1.88. The second-order valence-corrected chi connectivity index (χ2v) is 4.39. The van der Waals surface area contributed by atoms with Crippen molar-refractivity contribution in [3.63, 3.8) is 0 Å². The Morgan fingerprint density at radius 3 is 3.06 bits per heavy atom. The maximum absolute atomic E-state index is 5.52. The molecule has 2 rings (SSSR count). The summed E-state index contributed by atoms with van der Waals surface area (Å²) in [4.78, 5) is 4.31. The molecule has 1 unspecified atom stereocenters. The van der Waals surface area contributed by atoms with Crippen LogP contribution in [0.25, 0.3) is 10.9 Å². The Hall–Kier alpha value is -1.45. The predicted molar refractivity (Wildman–Crippen MR) is 71.7 cm³/mol. The van der Waals surface area contributed by atoms with E-state index in [0.717, 1.165) is 25.0 Å². The molecule has 0 amide bonds. The molecule has 0 saturated heterocycles. The van der Waals surface area contributed by atoms with Gasteiger partial charge in [-0.3, -0.25) is 4.98 Å². The van der Waals surface area contributed by atoms with E-state index in [9.17, 15) is 0 Å². The Morgan fingerprint density at radius 1 is 1.35 bits per heavy atom. The molecule has 0 radical (unpaired) electrons. The summed E-state index contributed by atoms with van der Waals surface area (Å²) in [6.45, 7) is 3.78. The van der Waals surface area contributed by atoms with Gasteiger partial charge in [-0.05, 0) is 43.7 Å². The molecule has 3 N–H and O–H groups in total. The van der Waals surface area contributed by atoms with Gasteiger partial charge in [0.05, 0.1) is 5.52 Å².